The molecule has 2 nitrogen and oxygen atoms in total. The number of fused-ring (bicyclic) bond motifs is 2. The maximum absolute atomic E-state index is 15.4. The largest absolute Gasteiger partial charge is 0.465 e. The average molecular weight is 447 g/mol. The second kappa shape index (κ2) is 9.84. The molecule has 2 aliphatic carbocycles. The first-order valence-electron chi connectivity index (χ1n) is 12.1. The van der Waals surface area contributed by atoms with Crippen molar-refractivity contribution in [2.45, 2.75) is 77.0 Å². The lowest BCUT2D eigenvalue weighted by molar-refractivity contribution is 0.0594. The fourth-order valence-corrected chi connectivity index (χ4v) is 6.19. The van der Waals surface area contributed by atoms with Crippen molar-refractivity contribution in [3.8, 4) is 0 Å². The van der Waals surface area contributed by atoms with Gasteiger partial charge in [0.2, 0.25) is 0 Å². The Morgan fingerprint density at radius 2 is 1.72 bits per heavy atom. The van der Waals surface area contributed by atoms with Crippen molar-refractivity contribution < 1.29 is 22.7 Å². The molecule has 2 saturated carbocycles. The van der Waals surface area contributed by atoms with Crippen molar-refractivity contribution in [1.29, 1.82) is 0 Å². The second-order valence-corrected chi connectivity index (χ2v) is 9.82. The minimum atomic E-state index is -1.36. The predicted molar refractivity (Wildman–Crippen MR) is 120 cm³/mol. The van der Waals surface area contributed by atoms with Gasteiger partial charge in [0.1, 0.15) is 5.82 Å². The highest BCUT2D eigenvalue weighted by atomic mass is 19.2. The lowest BCUT2D eigenvalue weighted by Gasteiger charge is -2.42. The summed E-state index contributed by atoms with van der Waals surface area (Å²) in [7, 11) is 1.10. The van der Waals surface area contributed by atoms with Gasteiger partial charge in [-0.15, -0.1) is 0 Å². The summed E-state index contributed by atoms with van der Waals surface area (Å²) in [5.74, 6) is -2.17. The van der Waals surface area contributed by atoms with Gasteiger partial charge in [0.15, 0.2) is 11.6 Å². The smallest absolute Gasteiger partial charge is 0.340 e. The Morgan fingerprint density at radius 1 is 0.969 bits per heavy atom. The minimum absolute atomic E-state index is 0.0278. The molecule has 0 amide bonds. The number of hydrogen-bond acceptors (Lipinski definition) is 2. The van der Waals surface area contributed by atoms with Gasteiger partial charge in [0.05, 0.1) is 18.1 Å². The van der Waals surface area contributed by atoms with Crippen molar-refractivity contribution in [3.63, 3.8) is 0 Å². The minimum Gasteiger partial charge on any atom is -0.465 e. The topological polar surface area (TPSA) is 26.3 Å². The molecular formula is C27H33F3O2. The van der Waals surface area contributed by atoms with Gasteiger partial charge in [0, 0.05) is 0 Å². The second-order valence-electron chi connectivity index (χ2n) is 9.82. The molecule has 0 heterocycles. The molecule has 2 unspecified atom stereocenters. The number of halogens is 3. The zero-order valence-corrected chi connectivity index (χ0v) is 19.1. The standard InChI is InChI=1S/C27H33F3O2/c1-3-4-5-6-16-7-8-18-14-19(10-9-17(18)13-16)21-12-11-20-15-22(27(31)32-2)25(29)26(30)23(20)24(21)28/h11-12,15-19H,3-10,13-14H2,1-2H3/t16?,17-,18+,19?/m0/s1. The molecule has 0 spiro atoms. The van der Waals surface area contributed by atoms with Crippen LogP contribution >= 0.6 is 0 Å². The molecule has 0 aromatic heterocycles. The fourth-order valence-electron chi connectivity index (χ4n) is 6.19. The van der Waals surface area contributed by atoms with Crippen molar-refractivity contribution >= 4 is 16.7 Å². The molecule has 2 aromatic rings. The summed E-state index contributed by atoms with van der Waals surface area (Å²) in [6.07, 6.45) is 11.8. The van der Waals surface area contributed by atoms with Gasteiger partial charge in [-0.3, -0.25) is 0 Å². The lowest BCUT2D eigenvalue weighted by Crippen LogP contribution is -2.30. The Labute approximate surface area is 188 Å². The van der Waals surface area contributed by atoms with Crippen molar-refractivity contribution in [2.75, 3.05) is 7.11 Å². The van der Waals surface area contributed by atoms with E-state index in [1.165, 1.54) is 51.0 Å². The van der Waals surface area contributed by atoms with Gasteiger partial charge in [-0.05, 0) is 72.8 Å². The predicted octanol–water partition coefficient (Wildman–Crippen LogP) is 7.92. The van der Waals surface area contributed by atoms with Crippen LogP contribution in [0, 0.1) is 35.2 Å². The molecule has 0 N–H and O–H groups in total. The van der Waals surface area contributed by atoms with Gasteiger partial charge >= 0.3 is 5.97 Å². The number of carbonyl (C=O) groups excluding carboxylic acids is 1. The van der Waals surface area contributed by atoms with E-state index in [4.69, 9.17) is 0 Å². The van der Waals surface area contributed by atoms with Gasteiger partial charge in [-0.25, -0.2) is 18.0 Å². The Hall–Kier alpha value is -2.04. The third kappa shape index (κ3) is 4.40. The molecule has 174 valence electrons. The van der Waals surface area contributed by atoms with E-state index < -0.39 is 29.0 Å². The molecule has 0 radical (unpaired) electrons. The van der Waals surface area contributed by atoms with Gasteiger partial charge < -0.3 is 4.74 Å². The molecule has 0 bridgehead atoms. The number of benzene rings is 2. The monoisotopic (exact) mass is 446 g/mol. The third-order valence-electron chi connectivity index (χ3n) is 7.94. The molecular weight excluding hydrogens is 413 g/mol. The van der Waals surface area contributed by atoms with E-state index in [0.717, 1.165) is 32.3 Å². The van der Waals surface area contributed by atoms with Crippen molar-refractivity contribution in [2.24, 2.45) is 17.8 Å². The molecule has 2 aliphatic rings. The first kappa shape index (κ1) is 23.1. The van der Waals surface area contributed by atoms with Crippen LogP contribution < -0.4 is 0 Å². The van der Waals surface area contributed by atoms with Crippen molar-refractivity contribution in [3.05, 3.63) is 46.8 Å². The number of hydrogen-bond donors (Lipinski definition) is 0. The average Bonchev–Trinajstić information content (AvgIpc) is 2.80. The van der Waals surface area contributed by atoms with Crippen LogP contribution in [0.25, 0.3) is 10.8 Å². The summed E-state index contributed by atoms with van der Waals surface area (Å²) in [4.78, 5) is 11.7. The van der Waals surface area contributed by atoms with E-state index in [1.54, 1.807) is 12.1 Å². The van der Waals surface area contributed by atoms with E-state index in [2.05, 4.69) is 11.7 Å². The van der Waals surface area contributed by atoms with E-state index in [9.17, 15) is 13.6 Å². The van der Waals surface area contributed by atoms with Crippen LogP contribution in [0.15, 0.2) is 18.2 Å². The summed E-state index contributed by atoms with van der Waals surface area (Å²) in [6, 6.07) is 4.46. The molecule has 0 saturated heterocycles. The molecule has 4 rings (SSSR count). The van der Waals surface area contributed by atoms with Crippen molar-refractivity contribution in [1.82, 2.24) is 0 Å². The number of carbonyl (C=O) groups is 1. The van der Waals surface area contributed by atoms with Crippen LogP contribution in [0.5, 0.6) is 0 Å². The highest BCUT2D eigenvalue weighted by Gasteiger charge is 2.37. The molecule has 2 aromatic carbocycles. The zero-order valence-electron chi connectivity index (χ0n) is 19.1. The quantitative estimate of drug-likeness (QED) is 0.333. The number of methoxy groups -OCH3 is 1. The van der Waals surface area contributed by atoms with Crippen LogP contribution in [0.3, 0.4) is 0 Å². The molecule has 32 heavy (non-hydrogen) atoms. The van der Waals surface area contributed by atoms with Gasteiger partial charge in [-0.2, -0.15) is 0 Å². The van der Waals surface area contributed by atoms with Crippen LogP contribution in [0.1, 0.15) is 93.0 Å². The lowest BCUT2D eigenvalue weighted by atomic mass is 9.63. The Bertz CT molecular complexity index is 987. The Morgan fingerprint density at radius 3 is 2.47 bits per heavy atom. The summed E-state index contributed by atoms with van der Waals surface area (Å²) >= 11 is 0. The molecule has 0 aliphatic heterocycles. The summed E-state index contributed by atoms with van der Waals surface area (Å²) in [6.45, 7) is 2.24. The molecule has 2 fully saturated rings. The van der Waals surface area contributed by atoms with Crippen LogP contribution in [0.4, 0.5) is 13.2 Å². The molecule has 4 atom stereocenters. The normalized spacial score (nSPS) is 25.5. The Balaban J connectivity index is 1.53. The number of rotatable bonds is 6. The number of unbranched alkanes of at least 4 members (excludes halogenated alkanes) is 2. The fraction of sp³-hybridized carbons (Fsp3) is 0.593. The first-order chi connectivity index (χ1) is 15.4. The van der Waals surface area contributed by atoms with E-state index in [-0.39, 0.29) is 16.7 Å². The summed E-state index contributed by atoms with van der Waals surface area (Å²) < 4.78 is 49.2. The SMILES string of the molecule is CCCCCC1CC[C@@H]2CC(c3ccc4cc(C(=O)OC)c(F)c(F)c4c3F)CC[C@H]2C1. The maximum Gasteiger partial charge on any atom is 0.340 e. The van der Waals surface area contributed by atoms with Crippen LogP contribution in [0.2, 0.25) is 0 Å². The summed E-state index contributed by atoms with van der Waals surface area (Å²) in [5, 5.41) is -0.193. The first-order valence-corrected chi connectivity index (χ1v) is 12.1. The molecule has 5 heteroatoms. The van der Waals surface area contributed by atoms with E-state index >= 15 is 4.39 Å². The maximum atomic E-state index is 15.4. The third-order valence-corrected chi connectivity index (χ3v) is 7.94. The van der Waals surface area contributed by atoms with Crippen LogP contribution in [-0.2, 0) is 4.74 Å². The Kier molecular flexibility index (Phi) is 7.11. The highest BCUT2D eigenvalue weighted by Crippen LogP contribution is 2.49. The number of esters is 1. The zero-order chi connectivity index (χ0) is 22.8. The van der Waals surface area contributed by atoms with Crippen LogP contribution in [-0.4, -0.2) is 13.1 Å². The number of ether oxygens (including phenoxy) is 1. The van der Waals surface area contributed by atoms with E-state index in [1.807, 2.05) is 0 Å². The van der Waals surface area contributed by atoms with Gasteiger partial charge in [0.25, 0.3) is 0 Å². The van der Waals surface area contributed by atoms with E-state index in [0.29, 0.717) is 17.4 Å². The summed E-state index contributed by atoms with van der Waals surface area (Å²) in [5.41, 5.74) is -0.0361. The highest BCUT2D eigenvalue weighted by molar-refractivity contribution is 5.96. The van der Waals surface area contributed by atoms with Gasteiger partial charge in [-0.1, -0.05) is 51.2 Å².